The van der Waals surface area contributed by atoms with Crippen LogP contribution in [0.1, 0.15) is 36.5 Å². The van der Waals surface area contributed by atoms with Crippen molar-refractivity contribution in [3.8, 4) is 0 Å². The molecule has 0 N–H and O–H groups in total. The summed E-state index contributed by atoms with van der Waals surface area (Å²) in [5.41, 5.74) is 3.43. The van der Waals surface area contributed by atoms with Gasteiger partial charge in [0, 0.05) is 18.1 Å². The fourth-order valence-corrected chi connectivity index (χ4v) is 2.65. The molecule has 0 bridgehead atoms. The molecular weight excluding hydrogens is 329 g/mol. The summed E-state index contributed by atoms with van der Waals surface area (Å²) in [6, 6.07) is 15.9. The minimum atomic E-state index is -0.0745. The highest BCUT2D eigenvalue weighted by molar-refractivity contribution is 6.30. The first-order valence-electron chi connectivity index (χ1n) is 7.66. The van der Waals surface area contributed by atoms with Crippen LogP contribution in [0, 0.1) is 0 Å². The number of carbonyl (C=O) groups excluding carboxylic acids is 1. The number of hydrogen-bond donors (Lipinski definition) is 0. The monoisotopic (exact) mass is 349 g/mol. The third-order valence-corrected chi connectivity index (χ3v) is 4.25. The second-order valence-corrected chi connectivity index (χ2v) is 6.61. The van der Waals surface area contributed by atoms with Crippen LogP contribution in [0.15, 0.2) is 48.5 Å². The standard InChI is InChI=1S/C19H21Cl2NO/c1-14(2)17-7-3-15(4-8-17)12-22(19(23)11-20)13-16-5-9-18(21)10-6-16/h3-10,14H,11-13H2,1-2H3. The zero-order chi connectivity index (χ0) is 16.8. The Kier molecular flexibility index (Phi) is 6.49. The van der Waals surface area contributed by atoms with E-state index in [0.717, 1.165) is 11.1 Å². The summed E-state index contributed by atoms with van der Waals surface area (Å²) >= 11 is 11.7. The van der Waals surface area contributed by atoms with Gasteiger partial charge in [0.1, 0.15) is 5.88 Å². The molecule has 0 aromatic heterocycles. The third-order valence-electron chi connectivity index (χ3n) is 3.77. The number of amides is 1. The zero-order valence-electron chi connectivity index (χ0n) is 13.4. The van der Waals surface area contributed by atoms with Crippen LogP contribution >= 0.6 is 23.2 Å². The van der Waals surface area contributed by atoms with Gasteiger partial charge in [-0.1, -0.05) is 61.8 Å². The fraction of sp³-hybridized carbons (Fsp3) is 0.316. The van der Waals surface area contributed by atoms with Gasteiger partial charge in [-0.15, -0.1) is 11.6 Å². The Bertz CT molecular complexity index is 635. The number of hydrogen-bond acceptors (Lipinski definition) is 1. The van der Waals surface area contributed by atoms with E-state index in [-0.39, 0.29) is 11.8 Å². The fourth-order valence-electron chi connectivity index (χ4n) is 2.36. The Balaban J connectivity index is 2.12. The average molecular weight is 350 g/mol. The minimum Gasteiger partial charge on any atom is -0.333 e. The molecule has 0 aliphatic rings. The van der Waals surface area contributed by atoms with Crippen molar-refractivity contribution in [2.75, 3.05) is 5.88 Å². The number of halogens is 2. The maximum Gasteiger partial charge on any atom is 0.238 e. The molecule has 2 aromatic rings. The van der Waals surface area contributed by atoms with Crippen LogP contribution in [0.4, 0.5) is 0 Å². The van der Waals surface area contributed by atoms with Crippen molar-refractivity contribution < 1.29 is 4.79 Å². The van der Waals surface area contributed by atoms with Gasteiger partial charge in [0.05, 0.1) is 0 Å². The van der Waals surface area contributed by atoms with Gasteiger partial charge in [0.2, 0.25) is 5.91 Å². The number of carbonyl (C=O) groups is 1. The van der Waals surface area contributed by atoms with E-state index in [1.807, 2.05) is 24.3 Å². The maximum atomic E-state index is 12.1. The quantitative estimate of drug-likeness (QED) is 0.653. The highest BCUT2D eigenvalue weighted by atomic mass is 35.5. The van der Waals surface area contributed by atoms with Crippen molar-refractivity contribution in [2.45, 2.75) is 32.9 Å². The molecule has 0 atom stereocenters. The van der Waals surface area contributed by atoms with E-state index in [1.165, 1.54) is 5.56 Å². The summed E-state index contributed by atoms with van der Waals surface area (Å²) in [6.45, 7) is 5.40. The molecule has 0 fully saturated rings. The van der Waals surface area contributed by atoms with Crippen LogP contribution in [0.5, 0.6) is 0 Å². The molecular formula is C19H21Cl2NO. The normalized spacial score (nSPS) is 10.8. The molecule has 23 heavy (non-hydrogen) atoms. The van der Waals surface area contributed by atoms with Crippen LogP contribution in [0.3, 0.4) is 0 Å². The predicted molar refractivity (Wildman–Crippen MR) is 97.0 cm³/mol. The Morgan fingerprint density at radius 2 is 1.43 bits per heavy atom. The zero-order valence-corrected chi connectivity index (χ0v) is 14.9. The first-order chi connectivity index (χ1) is 11.0. The number of nitrogens with zero attached hydrogens (tertiary/aromatic N) is 1. The van der Waals surface area contributed by atoms with E-state index in [9.17, 15) is 4.79 Å². The molecule has 0 heterocycles. The van der Waals surface area contributed by atoms with Gasteiger partial charge in [-0.3, -0.25) is 4.79 Å². The van der Waals surface area contributed by atoms with Gasteiger partial charge in [-0.05, 0) is 34.7 Å². The SMILES string of the molecule is CC(C)c1ccc(CN(Cc2ccc(Cl)cc2)C(=O)CCl)cc1. The lowest BCUT2D eigenvalue weighted by atomic mass is 10.0. The largest absolute Gasteiger partial charge is 0.333 e. The molecule has 4 heteroatoms. The van der Waals surface area contributed by atoms with Gasteiger partial charge in [0.25, 0.3) is 0 Å². The summed E-state index contributed by atoms with van der Waals surface area (Å²) in [4.78, 5) is 13.9. The van der Waals surface area contributed by atoms with Gasteiger partial charge in [-0.2, -0.15) is 0 Å². The van der Waals surface area contributed by atoms with Gasteiger partial charge < -0.3 is 4.90 Å². The summed E-state index contributed by atoms with van der Waals surface area (Å²) in [5.74, 6) is 0.408. The Morgan fingerprint density at radius 1 is 0.957 bits per heavy atom. The van der Waals surface area contributed by atoms with Crippen molar-refractivity contribution in [2.24, 2.45) is 0 Å². The second kappa shape index (κ2) is 8.37. The van der Waals surface area contributed by atoms with Gasteiger partial charge >= 0.3 is 0 Å². The van der Waals surface area contributed by atoms with Crippen LogP contribution in [-0.4, -0.2) is 16.7 Å². The van der Waals surface area contributed by atoms with Crippen molar-refractivity contribution in [3.05, 3.63) is 70.2 Å². The Hall–Kier alpha value is -1.51. The number of rotatable bonds is 6. The highest BCUT2D eigenvalue weighted by Gasteiger charge is 2.14. The van der Waals surface area contributed by atoms with Crippen LogP contribution < -0.4 is 0 Å². The van der Waals surface area contributed by atoms with E-state index in [0.29, 0.717) is 24.0 Å². The van der Waals surface area contributed by atoms with E-state index >= 15 is 0 Å². The molecule has 2 aromatic carbocycles. The molecule has 0 spiro atoms. The van der Waals surface area contributed by atoms with E-state index in [4.69, 9.17) is 23.2 Å². The summed E-state index contributed by atoms with van der Waals surface area (Å²) in [6.07, 6.45) is 0. The summed E-state index contributed by atoms with van der Waals surface area (Å²) in [7, 11) is 0. The average Bonchev–Trinajstić information content (AvgIpc) is 2.56. The van der Waals surface area contributed by atoms with E-state index in [2.05, 4.69) is 38.1 Å². The molecule has 2 nitrogen and oxygen atoms in total. The lowest BCUT2D eigenvalue weighted by Crippen LogP contribution is -2.31. The maximum absolute atomic E-state index is 12.1. The lowest BCUT2D eigenvalue weighted by Gasteiger charge is -2.22. The molecule has 0 aliphatic carbocycles. The van der Waals surface area contributed by atoms with Crippen LogP contribution in [-0.2, 0) is 17.9 Å². The lowest BCUT2D eigenvalue weighted by molar-refractivity contribution is -0.129. The summed E-state index contributed by atoms with van der Waals surface area (Å²) < 4.78 is 0. The molecule has 122 valence electrons. The first kappa shape index (κ1) is 17.8. The Morgan fingerprint density at radius 3 is 1.87 bits per heavy atom. The topological polar surface area (TPSA) is 20.3 Å². The molecule has 1 amide bonds. The van der Waals surface area contributed by atoms with Crippen molar-refractivity contribution in [1.82, 2.24) is 4.90 Å². The van der Waals surface area contributed by atoms with Gasteiger partial charge in [0.15, 0.2) is 0 Å². The van der Waals surface area contributed by atoms with Crippen molar-refractivity contribution in [1.29, 1.82) is 0 Å². The summed E-state index contributed by atoms with van der Waals surface area (Å²) in [5, 5.41) is 0.688. The van der Waals surface area contributed by atoms with E-state index in [1.54, 1.807) is 4.90 Å². The molecule has 0 saturated heterocycles. The van der Waals surface area contributed by atoms with E-state index < -0.39 is 0 Å². The third kappa shape index (κ3) is 5.26. The van der Waals surface area contributed by atoms with Crippen molar-refractivity contribution >= 4 is 29.1 Å². The highest BCUT2D eigenvalue weighted by Crippen LogP contribution is 2.17. The minimum absolute atomic E-state index is 0.0162. The Labute approximate surface area is 148 Å². The molecule has 0 unspecified atom stereocenters. The second-order valence-electron chi connectivity index (χ2n) is 5.91. The molecule has 0 aliphatic heterocycles. The van der Waals surface area contributed by atoms with Gasteiger partial charge in [-0.25, -0.2) is 0 Å². The molecule has 0 saturated carbocycles. The van der Waals surface area contributed by atoms with Crippen molar-refractivity contribution in [3.63, 3.8) is 0 Å². The molecule has 2 rings (SSSR count). The predicted octanol–water partition coefficient (Wildman–Crippen LogP) is 5.23. The number of benzene rings is 2. The number of alkyl halides is 1. The van der Waals surface area contributed by atoms with Crippen LogP contribution in [0.25, 0.3) is 0 Å². The molecule has 0 radical (unpaired) electrons. The van der Waals surface area contributed by atoms with Crippen LogP contribution in [0.2, 0.25) is 5.02 Å². The smallest absolute Gasteiger partial charge is 0.238 e. The first-order valence-corrected chi connectivity index (χ1v) is 8.58.